The van der Waals surface area contributed by atoms with E-state index in [4.69, 9.17) is 0 Å². The lowest BCUT2D eigenvalue weighted by Gasteiger charge is -2.00. The summed E-state index contributed by atoms with van der Waals surface area (Å²) in [6.45, 7) is 0. The van der Waals surface area contributed by atoms with E-state index in [2.05, 4.69) is 15.1 Å². The van der Waals surface area contributed by atoms with Crippen LogP contribution in [0.5, 0.6) is 0 Å². The molecule has 0 unspecified atom stereocenters. The van der Waals surface area contributed by atoms with Crippen molar-refractivity contribution in [3.05, 3.63) is 30.7 Å². The van der Waals surface area contributed by atoms with Gasteiger partial charge in [0.05, 0.1) is 0 Å². The molecule has 2 rings (SSSR count). The van der Waals surface area contributed by atoms with Gasteiger partial charge in [0.25, 0.3) is 0 Å². The predicted molar refractivity (Wildman–Crippen MR) is 50.9 cm³/mol. The fourth-order valence-corrected chi connectivity index (χ4v) is 1.31. The summed E-state index contributed by atoms with van der Waals surface area (Å²) in [5.74, 6) is 0.796. The van der Waals surface area contributed by atoms with E-state index >= 15 is 0 Å². The molecule has 0 fully saturated rings. The molecule has 0 aromatic carbocycles. The molecule has 13 heavy (non-hydrogen) atoms. The Kier molecular flexibility index (Phi) is 2.27. The third kappa shape index (κ3) is 1.70. The van der Waals surface area contributed by atoms with Crippen LogP contribution in [0.1, 0.15) is 0 Å². The average molecular weight is 192 g/mol. The van der Waals surface area contributed by atoms with Crippen molar-refractivity contribution in [1.82, 2.24) is 19.7 Å². The first kappa shape index (κ1) is 8.25. The van der Waals surface area contributed by atoms with Gasteiger partial charge < -0.3 is 0 Å². The van der Waals surface area contributed by atoms with Crippen LogP contribution in [0.15, 0.2) is 35.9 Å². The zero-order valence-electron chi connectivity index (χ0n) is 7.08. The summed E-state index contributed by atoms with van der Waals surface area (Å²) in [6, 6.07) is 3.69. The molecule has 4 nitrogen and oxygen atoms in total. The van der Waals surface area contributed by atoms with Crippen LogP contribution in [0, 0.1) is 0 Å². The van der Waals surface area contributed by atoms with Crippen LogP contribution in [-0.4, -0.2) is 26.0 Å². The van der Waals surface area contributed by atoms with E-state index in [0.29, 0.717) is 0 Å². The summed E-state index contributed by atoms with van der Waals surface area (Å²) < 4.78 is 1.71. The van der Waals surface area contributed by atoms with Gasteiger partial charge >= 0.3 is 0 Å². The van der Waals surface area contributed by atoms with Gasteiger partial charge in [0.1, 0.15) is 0 Å². The maximum Gasteiger partial charge on any atom is 0.189 e. The molecule has 0 aliphatic rings. The van der Waals surface area contributed by atoms with Gasteiger partial charge in [-0.2, -0.15) is 5.10 Å². The van der Waals surface area contributed by atoms with E-state index < -0.39 is 0 Å². The molecular formula is C8H8N4S. The van der Waals surface area contributed by atoms with Crippen molar-refractivity contribution in [3.63, 3.8) is 0 Å². The molecule has 5 heteroatoms. The maximum absolute atomic E-state index is 4.29. The quantitative estimate of drug-likeness (QED) is 0.532. The monoisotopic (exact) mass is 192 g/mol. The van der Waals surface area contributed by atoms with Crippen LogP contribution in [0.25, 0.3) is 5.82 Å². The Morgan fingerprint density at radius 2 is 2.31 bits per heavy atom. The van der Waals surface area contributed by atoms with Crippen LogP contribution in [0.3, 0.4) is 0 Å². The summed E-state index contributed by atoms with van der Waals surface area (Å²) >= 11 is 1.52. The summed E-state index contributed by atoms with van der Waals surface area (Å²) in [5.41, 5.74) is 0. The highest BCUT2D eigenvalue weighted by Gasteiger charge is 1.99. The van der Waals surface area contributed by atoms with Crippen LogP contribution in [-0.2, 0) is 0 Å². The Bertz CT molecular complexity index is 385. The Morgan fingerprint density at radius 1 is 1.38 bits per heavy atom. The third-order valence-corrected chi connectivity index (χ3v) is 2.10. The molecule has 0 N–H and O–H groups in total. The lowest BCUT2D eigenvalue weighted by atomic mass is 10.6. The van der Waals surface area contributed by atoms with E-state index in [1.165, 1.54) is 11.8 Å². The van der Waals surface area contributed by atoms with Crippen molar-refractivity contribution >= 4 is 11.8 Å². The summed E-state index contributed by atoms with van der Waals surface area (Å²) in [4.78, 5) is 8.36. The molecule has 0 saturated carbocycles. The van der Waals surface area contributed by atoms with E-state index in [9.17, 15) is 0 Å². The lowest BCUT2D eigenvalue weighted by Crippen LogP contribution is -1.99. The minimum atomic E-state index is 0.757. The molecule has 2 aromatic heterocycles. The van der Waals surface area contributed by atoms with E-state index in [0.717, 1.165) is 11.0 Å². The van der Waals surface area contributed by atoms with Crippen molar-refractivity contribution in [2.75, 3.05) is 6.26 Å². The first-order valence-electron chi connectivity index (χ1n) is 3.77. The van der Waals surface area contributed by atoms with E-state index in [-0.39, 0.29) is 0 Å². The topological polar surface area (TPSA) is 43.6 Å². The minimum absolute atomic E-state index is 0.757. The molecule has 0 aliphatic carbocycles. The molecule has 0 radical (unpaired) electrons. The Labute approximate surface area is 80.0 Å². The second kappa shape index (κ2) is 3.57. The molecule has 0 saturated heterocycles. The van der Waals surface area contributed by atoms with Crippen LogP contribution in [0.4, 0.5) is 0 Å². The van der Waals surface area contributed by atoms with Gasteiger partial charge in [0.2, 0.25) is 0 Å². The zero-order valence-corrected chi connectivity index (χ0v) is 7.90. The number of thioether (sulfide) groups is 1. The fraction of sp³-hybridized carbons (Fsp3) is 0.125. The molecular weight excluding hydrogens is 184 g/mol. The second-order valence-corrected chi connectivity index (χ2v) is 3.13. The van der Waals surface area contributed by atoms with Crippen molar-refractivity contribution in [3.8, 4) is 5.82 Å². The Morgan fingerprint density at radius 3 is 3.00 bits per heavy atom. The highest BCUT2D eigenvalue weighted by Crippen LogP contribution is 2.09. The maximum atomic E-state index is 4.29. The van der Waals surface area contributed by atoms with Gasteiger partial charge in [-0.1, -0.05) is 11.8 Å². The molecule has 66 valence electrons. The number of aromatic nitrogens is 4. The predicted octanol–water partition coefficient (Wildman–Crippen LogP) is 1.38. The first-order valence-corrected chi connectivity index (χ1v) is 4.99. The lowest BCUT2D eigenvalue weighted by molar-refractivity contribution is 0.807. The number of nitrogens with zero attached hydrogens (tertiary/aromatic N) is 4. The van der Waals surface area contributed by atoms with Gasteiger partial charge in [-0.05, 0) is 12.3 Å². The second-order valence-electron chi connectivity index (χ2n) is 2.35. The van der Waals surface area contributed by atoms with Crippen molar-refractivity contribution < 1.29 is 0 Å². The van der Waals surface area contributed by atoms with Gasteiger partial charge in [-0.15, -0.1) is 0 Å². The van der Waals surface area contributed by atoms with E-state index in [1.807, 2.05) is 24.6 Å². The van der Waals surface area contributed by atoms with Crippen LogP contribution < -0.4 is 0 Å². The number of hydrogen-bond donors (Lipinski definition) is 0. The highest BCUT2D eigenvalue weighted by molar-refractivity contribution is 7.98. The molecule has 0 amide bonds. The van der Waals surface area contributed by atoms with Crippen molar-refractivity contribution in [1.29, 1.82) is 0 Å². The highest BCUT2D eigenvalue weighted by atomic mass is 32.2. The van der Waals surface area contributed by atoms with Crippen LogP contribution in [0.2, 0.25) is 0 Å². The standard InChI is InChI=1S/C8H8N4S/c1-13-8-9-5-3-7(11-8)12-6-2-4-10-12/h2-6H,1H3. The largest absolute Gasteiger partial charge is 0.231 e. The normalized spacial score (nSPS) is 10.2. The zero-order chi connectivity index (χ0) is 9.10. The molecule has 0 bridgehead atoms. The van der Waals surface area contributed by atoms with Gasteiger partial charge in [0.15, 0.2) is 11.0 Å². The number of rotatable bonds is 2. The van der Waals surface area contributed by atoms with Crippen molar-refractivity contribution in [2.24, 2.45) is 0 Å². The first-order chi connectivity index (χ1) is 6.40. The average Bonchev–Trinajstić information content (AvgIpc) is 2.71. The summed E-state index contributed by atoms with van der Waals surface area (Å²) in [6.07, 6.45) is 7.26. The smallest absolute Gasteiger partial charge is 0.189 e. The van der Waals surface area contributed by atoms with Gasteiger partial charge in [-0.25, -0.2) is 14.6 Å². The molecule has 2 aromatic rings. The molecule has 0 spiro atoms. The summed E-state index contributed by atoms with van der Waals surface area (Å²) in [7, 11) is 0. The Hall–Kier alpha value is -1.36. The molecule has 0 aliphatic heterocycles. The number of hydrogen-bond acceptors (Lipinski definition) is 4. The minimum Gasteiger partial charge on any atom is -0.231 e. The van der Waals surface area contributed by atoms with Gasteiger partial charge in [0, 0.05) is 24.7 Å². The van der Waals surface area contributed by atoms with Gasteiger partial charge in [-0.3, -0.25) is 0 Å². The van der Waals surface area contributed by atoms with Crippen LogP contribution >= 0.6 is 11.8 Å². The SMILES string of the molecule is CSc1nccc(-n2cccn2)n1. The van der Waals surface area contributed by atoms with E-state index in [1.54, 1.807) is 17.1 Å². The summed E-state index contributed by atoms with van der Waals surface area (Å²) in [5, 5.41) is 4.84. The van der Waals surface area contributed by atoms with Crippen molar-refractivity contribution in [2.45, 2.75) is 5.16 Å². The third-order valence-electron chi connectivity index (χ3n) is 1.54. The fourth-order valence-electron chi connectivity index (χ4n) is 0.962. The molecule has 0 atom stereocenters. The Balaban J connectivity index is 2.41. The molecule has 2 heterocycles.